The molecule has 0 amide bonds. The maximum Gasteiger partial charge on any atom is 0.336 e. The number of benzene rings is 1. The number of piperidine rings is 1. The predicted octanol–water partition coefficient (Wildman–Crippen LogP) is 4.06. The SMILES string of the molecule is Cc1cc(=O)oc2cc(NC(=S)N3C(C)CCCC3C)ccc12. The van der Waals surface area contributed by atoms with Crippen LogP contribution in [0.5, 0.6) is 0 Å². The van der Waals surface area contributed by atoms with Crippen molar-refractivity contribution in [3.63, 3.8) is 0 Å². The van der Waals surface area contributed by atoms with E-state index < -0.39 is 0 Å². The molecule has 2 heterocycles. The van der Waals surface area contributed by atoms with Crippen molar-refractivity contribution in [2.75, 3.05) is 5.32 Å². The highest BCUT2D eigenvalue weighted by Crippen LogP contribution is 2.25. The van der Waals surface area contributed by atoms with Crippen molar-refractivity contribution in [2.24, 2.45) is 0 Å². The van der Waals surface area contributed by atoms with Crippen molar-refractivity contribution in [2.45, 2.75) is 52.1 Å². The van der Waals surface area contributed by atoms with Crippen LogP contribution in [-0.4, -0.2) is 22.1 Å². The number of hydrogen-bond acceptors (Lipinski definition) is 3. The van der Waals surface area contributed by atoms with Gasteiger partial charge >= 0.3 is 5.63 Å². The number of anilines is 1. The van der Waals surface area contributed by atoms with E-state index in [2.05, 4.69) is 24.1 Å². The number of likely N-dealkylation sites (tertiary alicyclic amines) is 1. The van der Waals surface area contributed by atoms with Gasteiger partial charge in [0.05, 0.1) is 0 Å². The molecule has 2 atom stereocenters. The largest absolute Gasteiger partial charge is 0.423 e. The molecule has 0 radical (unpaired) electrons. The monoisotopic (exact) mass is 330 g/mol. The summed E-state index contributed by atoms with van der Waals surface area (Å²) in [7, 11) is 0. The molecule has 1 saturated heterocycles. The fourth-order valence-corrected chi connectivity index (χ4v) is 3.89. The van der Waals surface area contributed by atoms with Gasteiger partial charge in [0.2, 0.25) is 0 Å². The van der Waals surface area contributed by atoms with Crippen molar-refractivity contribution in [1.29, 1.82) is 0 Å². The Labute approximate surface area is 141 Å². The molecular formula is C18H22N2O2S. The molecule has 23 heavy (non-hydrogen) atoms. The third-order valence-corrected chi connectivity index (χ3v) is 4.94. The van der Waals surface area contributed by atoms with E-state index >= 15 is 0 Å². The van der Waals surface area contributed by atoms with Crippen molar-refractivity contribution >= 4 is 34.0 Å². The fraction of sp³-hybridized carbons (Fsp3) is 0.444. The first-order chi connectivity index (χ1) is 11.0. The zero-order valence-corrected chi connectivity index (χ0v) is 14.6. The number of fused-ring (bicyclic) bond motifs is 1. The Morgan fingerprint density at radius 3 is 2.65 bits per heavy atom. The standard InChI is InChI=1S/C18H22N2O2S/c1-11-9-17(21)22-16-10-14(7-8-15(11)16)19-18(23)20-12(2)5-4-6-13(20)3/h7-10,12-13H,4-6H2,1-3H3,(H,19,23). The Morgan fingerprint density at radius 2 is 1.96 bits per heavy atom. The molecule has 0 spiro atoms. The van der Waals surface area contributed by atoms with Gasteiger partial charge in [-0.25, -0.2) is 4.79 Å². The molecule has 5 heteroatoms. The first kappa shape index (κ1) is 16.0. The second-order valence-corrected chi connectivity index (χ2v) is 6.81. The third kappa shape index (κ3) is 3.24. The second kappa shape index (κ2) is 6.32. The summed E-state index contributed by atoms with van der Waals surface area (Å²) < 4.78 is 5.30. The van der Waals surface area contributed by atoms with Crippen LogP contribution in [0, 0.1) is 6.92 Å². The second-order valence-electron chi connectivity index (χ2n) is 6.43. The molecule has 1 fully saturated rings. The van der Waals surface area contributed by atoms with E-state index in [0.717, 1.165) is 34.6 Å². The molecule has 1 N–H and O–H groups in total. The lowest BCUT2D eigenvalue weighted by Gasteiger charge is -2.40. The Balaban J connectivity index is 1.86. The van der Waals surface area contributed by atoms with Gasteiger partial charge in [0.1, 0.15) is 5.58 Å². The van der Waals surface area contributed by atoms with Gasteiger partial charge in [-0.3, -0.25) is 0 Å². The predicted molar refractivity (Wildman–Crippen MR) is 98.1 cm³/mol. The van der Waals surface area contributed by atoms with Crippen LogP contribution in [0.4, 0.5) is 5.69 Å². The highest BCUT2D eigenvalue weighted by Gasteiger charge is 2.26. The lowest BCUT2D eigenvalue weighted by molar-refractivity contribution is 0.194. The normalized spacial score (nSPS) is 21.4. The summed E-state index contributed by atoms with van der Waals surface area (Å²) in [5.74, 6) is 0. The minimum absolute atomic E-state index is 0.326. The minimum atomic E-state index is -0.326. The van der Waals surface area contributed by atoms with Gasteiger partial charge in [0.15, 0.2) is 5.11 Å². The zero-order valence-electron chi connectivity index (χ0n) is 13.8. The van der Waals surface area contributed by atoms with Crippen LogP contribution >= 0.6 is 12.2 Å². The van der Waals surface area contributed by atoms with E-state index in [1.807, 2.05) is 25.1 Å². The number of thiocarbonyl (C=S) groups is 1. The summed E-state index contributed by atoms with van der Waals surface area (Å²) in [6, 6.07) is 8.17. The highest BCUT2D eigenvalue weighted by molar-refractivity contribution is 7.80. The molecule has 3 rings (SSSR count). The average molecular weight is 330 g/mol. The van der Waals surface area contributed by atoms with Crippen LogP contribution in [0.2, 0.25) is 0 Å². The van der Waals surface area contributed by atoms with Gasteiger partial charge < -0.3 is 14.6 Å². The summed E-state index contributed by atoms with van der Waals surface area (Å²) >= 11 is 5.61. The molecule has 1 aromatic carbocycles. The van der Waals surface area contributed by atoms with Crippen molar-refractivity contribution in [1.82, 2.24) is 4.90 Å². The molecule has 2 unspecified atom stereocenters. The zero-order chi connectivity index (χ0) is 16.6. The van der Waals surface area contributed by atoms with Crippen molar-refractivity contribution < 1.29 is 4.42 Å². The number of nitrogens with zero attached hydrogens (tertiary/aromatic N) is 1. The van der Waals surface area contributed by atoms with E-state index in [9.17, 15) is 4.79 Å². The van der Waals surface area contributed by atoms with Gasteiger partial charge in [-0.2, -0.15) is 0 Å². The van der Waals surface area contributed by atoms with Crippen LogP contribution < -0.4 is 10.9 Å². The first-order valence-electron chi connectivity index (χ1n) is 8.09. The number of nitrogens with one attached hydrogen (secondary N) is 1. The number of hydrogen-bond donors (Lipinski definition) is 1. The Kier molecular flexibility index (Phi) is 4.39. The third-order valence-electron chi connectivity index (χ3n) is 4.63. The molecule has 0 aliphatic carbocycles. The Bertz CT molecular complexity index is 789. The number of aryl methyl sites for hydroxylation is 1. The van der Waals surface area contributed by atoms with Gasteiger partial charge in [-0.1, -0.05) is 0 Å². The van der Waals surface area contributed by atoms with E-state index in [1.54, 1.807) is 0 Å². The molecule has 0 saturated carbocycles. The lowest BCUT2D eigenvalue weighted by Crippen LogP contribution is -2.49. The molecule has 1 aromatic heterocycles. The van der Waals surface area contributed by atoms with Crippen LogP contribution in [0.25, 0.3) is 11.0 Å². The molecular weight excluding hydrogens is 308 g/mol. The Hall–Kier alpha value is -1.88. The summed E-state index contributed by atoms with van der Waals surface area (Å²) in [5, 5.41) is 4.98. The first-order valence-corrected chi connectivity index (χ1v) is 8.50. The minimum Gasteiger partial charge on any atom is -0.423 e. The van der Waals surface area contributed by atoms with Gasteiger partial charge in [-0.05, 0) is 69.9 Å². The van der Waals surface area contributed by atoms with Gasteiger partial charge in [0, 0.05) is 35.3 Å². The highest BCUT2D eigenvalue weighted by atomic mass is 32.1. The van der Waals surface area contributed by atoms with E-state index in [-0.39, 0.29) is 5.63 Å². The van der Waals surface area contributed by atoms with Crippen LogP contribution in [0.15, 0.2) is 33.5 Å². The van der Waals surface area contributed by atoms with E-state index in [4.69, 9.17) is 16.6 Å². The smallest absolute Gasteiger partial charge is 0.336 e. The van der Waals surface area contributed by atoms with Crippen molar-refractivity contribution in [3.05, 3.63) is 40.2 Å². The quantitative estimate of drug-likeness (QED) is 0.631. The summed E-state index contributed by atoms with van der Waals surface area (Å²) in [6.45, 7) is 6.34. The molecule has 1 aliphatic heterocycles. The van der Waals surface area contributed by atoms with E-state index in [1.165, 1.54) is 12.5 Å². The van der Waals surface area contributed by atoms with Crippen LogP contribution in [0.3, 0.4) is 0 Å². The Morgan fingerprint density at radius 1 is 1.26 bits per heavy atom. The number of rotatable bonds is 1. The maximum atomic E-state index is 11.5. The molecule has 0 bridgehead atoms. The molecule has 4 nitrogen and oxygen atoms in total. The van der Waals surface area contributed by atoms with Crippen LogP contribution in [0.1, 0.15) is 38.7 Å². The lowest BCUT2D eigenvalue weighted by atomic mass is 9.98. The summed E-state index contributed by atoms with van der Waals surface area (Å²) in [5.41, 5.74) is 2.03. The summed E-state index contributed by atoms with van der Waals surface area (Å²) in [4.78, 5) is 13.8. The summed E-state index contributed by atoms with van der Waals surface area (Å²) in [6.07, 6.45) is 3.58. The topological polar surface area (TPSA) is 45.5 Å². The molecule has 122 valence electrons. The van der Waals surface area contributed by atoms with Crippen LogP contribution in [-0.2, 0) is 0 Å². The van der Waals surface area contributed by atoms with Gasteiger partial charge in [-0.15, -0.1) is 0 Å². The van der Waals surface area contributed by atoms with E-state index in [0.29, 0.717) is 17.7 Å². The van der Waals surface area contributed by atoms with Crippen molar-refractivity contribution in [3.8, 4) is 0 Å². The molecule has 1 aliphatic rings. The fourth-order valence-electron chi connectivity index (χ4n) is 3.41. The molecule has 2 aromatic rings. The maximum absolute atomic E-state index is 11.5. The van der Waals surface area contributed by atoms with Gasteiger partial charge in [0.25, 0.3) is 0 Å². The average Bonchev–Trinajstić information content (AvgIpc) is 2.46.